The minimum Gasteiger partial charge on any atom is -0.203 e. The van der Waals surface area contributed by atoms with Crippen molar-refractivity contribution >= 4 is 32.3 Å². The van der Waals surface area contributed by atoms with E-state index in [0.29, 0.717) is 21.5 Å². The van der Waals surface area contributed by atoms with E-state index in [1.165, 1.54) is 0 Å². The van der Waals surface area contributed by atoms with Crippen LogP contribution in [0, 0.1) is 29.1 Å². The first-order chi connectivity index (χ1) is 19.9. The maximum Gasteiger partial charge on any atom is 0.200 e. The molecular weight excluding hydrogens is 527 g/mol. The molecule has 41 heavy (non-hydrogen) atoms. The maximum atomic E-state index is 15.1. The van der Waals surface area contributed by atoms with Gasteiger partial charge in [0.05, 0.1) is 5.56 Å². The first-order valence-corrected chi connectivity index (χ1v) is 13.0. The summed E-state index contributed by atoms with van der Waals surface area (Å²) >= 11 is 0. The summed E-state index contributed by atoms with van der Waals surface area (Å²) in [4.78, 5) is 0. The highest BCUT2D eigenvalue weighted by Crippen LogP contribution is 2.46. The van der Waals surface area contributed by atoms with Crippen molar-refractivity contribution < 1.29 is 22.0 Å². The van der Waals surface area contributed by atoms with Gasteiger partial charge in [0.2, 0.25) is 5.82 Å². The summed E-state index contributed by atoms with van der Waals surface area (Å²) in [7, 11) is 0. The molecule has 0 saturated heterocycles. The number of rotatable bonds is 3. The number of benzene rings is 7. The van der Waals surface area contributed by atoms with Gasteiger partial charge in [-0.15, -0.1) is 0 Å². The Morgan fingerprint density at radius 1 is 0.293 bits per heavy atom. The van der Waals surface area contributed by atoms with Crippen LogP contribution in [0.4, 0.5) is 22.0 Å². The van der Waals surface area contributed by atoms with Crippen molar-refractivity contribution in [2.75, 3.05) is 0 Å². The molecule has 0 aliphatic heterocycles. The van der Waals surface area contributed by atoms with E-state index in [1.807, 2.05) is 36.4 Å². The van der Waals surface area contributed by atoms with Crippen LogP contribution >= 0.6 is 0 Å². The van der Waals surface area contributed by atoms with Crippen LogP contribution in [0.2, 0.25) is 0 Å². The Balaban J connectivity index is 1.48. The van der Waals surface area contributed by atoms with Gasteiger partial charge < -0.3 is 0 Å². The molecule has 198 valence electrons. The number of hydrogen-bond acceptors (Lipinski definition) is 0. The Kier molecular flexibility index (Phi) is 5.82. The smallest absolute Gasteiger partial charge is 0.200 e. The van der Waals surface area contributed by atoms with E-state index in [1.54, 1.807) is 48.5 Å². The van der Waals surface area contributed by atoms with Crippen molar-refractivity contribution in [2.24, 2.45) is 0 Å². The van der Waals surface area contributed by atoms with Crippen molar-refractivity contribution in [3.8, 4) is 33.4 Å². The lowest BCUT2D eigenvalue weighted by atomic mass is 9.85. The van der Waals surface area contributed by atoms with E-state index in [9.17, 15) is 13.2 Å². The minimum atomic E-state index is -2.18. The average molecular weight is 547 g/mol. The Morgan fingerprint density at radius 3 is 1.27 bits per heavy atom. The third-order valence-corrected chi connectivity index (χ3v) is 7.65. The van der Waals surface area contributed by atoms with Crippen LogP contribution in [0.1, 0.15) is 0 Å². The Hall–Kier alpha value is -5.03. The summed E-state index contributed by atoms with van der Waals surface area (Å²) in [6.45, 7) is 0. The first kappa shape index (κ1) is 25.0. The summed E-state index contributed by atoms with van der Waals surface area (Å²) in [6, 6.07) is 36.2. The molecule has 0 heterocycles. The van der Waals surface area contributed by atoms with Gasteiger partial charge in [0.1, 0.15) is 0 Å². The predicted octanol–water partition coefficient (Wildman–Crippen LogP) is 10.8. The zero-order valence-corrected chi connectivity index (χ0v) is 21.4. The highest BCUT2D eigenvalue weighted by molar-refractivity contribution is 6.21. The van der Waals surface area contributed by atoms with Crippen LogP contribution in [0.15, 0.2) is 115 Å². The SMILES string of the molecule is Fc1c(F)c(F)c(-c2c3ccccc3c(-c3ccc(-c4ccc5ccccc5c4)cc3)c3ccccc23)c(F)c1F. The summed E-state index contributed by atoms with van der Waals surface area (Å²) in [5, 5.41) is 4.30. The van der Waals surface area contributed by atoms with Gasteiger partial charge in [-0.1, -0.05) is 109 Å². The molecule has 5 heteroatoms. The van der Waals surface area contributed by atoms with Crippen molar-refractivity contribution in [2.45, 2.75) is 0 Å². The molecule has 0 atom stereocenters. The fourth-order valence-electron chi connectivity index (χ4n) is 5.73. The molecule has 0 fully saturated rings. The van der Waals surface area contributed by atoms with Crippen LogP contribution in [-0.4, -0.2) is 0 Å². The van der Waals surface area contributed by atoms with Gasteiger partial charge in [0.25, 0.3) is 0 Å². The molecule has 0 nitrogen and oxygen atoms in total. The normalized spacial score (nSPS) is 11.5. The molecule has 0 radical (unpaired) electrons. The molecule has 0 saturated carbocycles. The summed E-state index contributed by atoms with van der Waals surface area (Å²) in [6.07, 6.45) is 0. The number of hydrogen-bond donors (Lipinski definition) is 0. The second-order valence-electron chi connectivity index (χ2n) is 9.93. The molecule has 0 N–H and O–H groups in total. The number of halogens is 5. The van der Waals surface area contributed by atoms with Crippen LogP contribution < -0.4 is 0 Å². The highest BCUT2D eigenvalue weighted by Gasteiger charge is 2.29. The topological polar surface area (TPSA) is 0 Å². The molecule has 0 unspecified atom stereocenters. The van der Waals surface area contributed by atoms with E-state index >= 15 is 8.78 Å². The maximum absolute atomic E-state index is 15.1. The number of fused-ring (bicyclic) bond motifs is 3. The van der Waals surface area contributed by atoms with Gasteiger partial charge in [-0.05, 0) is 60.6 Å². The van der Waals surface area contributed by atoms with E-state index in [-0.39, 0.29) is 5.56 Å². The molecular formula is C36H19F5. The summed E-state index contributed by atoms with van der Waals surface area (Å²) in [5.74, 6) is -9.84. The lowest BCUT2D eigenvalue weighted by Gasteiger charge is -2.19. The second kappa shape index (κ2) is 9.56. The molecule has 0 amide bonds. The van der Waals surface area contributed by atoms with Gasteiger partial charge in [-0.3, -0.25) is 0 Å². The lowest BCUT2D eigenvalue weighted by molar-refractivity contribution is 0.381. The van der Waals surface area contributed by atoms with Crippen molar-refractivity contribution in [1.82, 2.24) is 0 Å². The molecule has 0 aliphatic carbocycles. The van der Waals surface area contributed by atoms with Crippen molar-refractivity contribution in [1.29, 1.82) is 0 Å². The molecule has 7 aromatic rings. The monoisotopic (exact) mass is 546 g/mol. The van der Waals surface area contributed by atoms with Gasteiger partial charge >= 0.3 is 0 Å². The molecule has 0 bridgehead atoms. The average Bonchev–Trinajstić information content (AvgIpc) is 3.02. The summed E-state index contributed by atoms with van der Waals surface area (Å²) < 4.78 is 72.9. The van der Waals surface area contributed by atoms with Crippen LogP contribution in [0.5, 0.6) is 0 Å². The van der Waals surface area contributed by atoms with Crippen LogP contribution in [0.25, 0.3) is 65.7 Å². The van der Waals surface area contributed by atoms with E-state index in [4.69, 9.17) is 0 Å². The van der Waals surface area contributed by atoms with E-state index in [0.717, 1.165) is 33.0 Å². The summed E-state index contributed by atoms with van der Waals surface area (Å²) in [5.41, 5.74) is 2.75. The third-order valence-electron chi connectivity index (χ3n) is 7.65. The first-order valence-electron chi connectivity index (χ1n) is 13.0. The fraction of sp³-hybridized carbons (Fsp3) is 0. The molecule has 0 aliphatic rings. The zero-order chi connectivity index (χ0) is 28.2. The van der Waals surface area contributed by atoms with Crippen molar-refractivity contribution in [3.05, 3.63) is 144 Å². The Bertz CT molecular complexity index is 2060. The zero-order valence-electron chi connectivity index (χ0n) is 21.4. The standard InChI is InChI=1S/C36H19F5/c37-32-31(33(38)35(40)36(41)34(32)39)30-27-11-5-3-9-25(27)29(26-10-4-6-12-28(26)30)22-16-13-21(14-17-22)24-18-15-20-7-1-2-8-23(20)19-24/h1-19H. The highest BCUT2D eigenvalue weighted by atomic mass is 19.2. The van der Waals surface area contributed by atoms with E-state index < -0.39 is 34.6 Å². The van der Waals surface area contributed by atoms with Crippen molar-refractivity contribution in [3.63, 3.8) is 0 Å². The molecule has 0 aromatic heterocycles. The minimum absolute atomic E-state index is 0.0412. The molecule has 7 aromatic carbocycles. The van der Waals surface area contributed by atoms with Gasteiger partial charge in [0.15, 0.2) is 23.3 Å². The Labute approximate surface area is 231 Å². The quantitative estimate of drug-likeness (QED) is 0.0895. The lowest BCUT2D eigenvalue weighted by Crippen LogP contribution is -2.05. The van der Waals surface area contributed by atoms with Gasteiger partial charge in [-0.2, -0.15) is 0 Å². The second-order valence-corrected chi connectivity index (χ2v) is 9.93. The van der Waals surface area contributed by atoms with E-state index in [2.05, 4.69) is 30.3 Å². The molecule has 0 spiro atoms. The molecule has 7 rings (SSSR count). The van der Waals surface area contributed by atoms with Crippen LogP contribution in [-0.2, 0) is 0 Å². The largest absolute Gasteiger partial charge is 0.203 e. The fourth-order valence-corrected chi connectivity index (χ4v) is 5.73. The third kappa shape index (κ3) is 3.88. The van der Waals surface area contributed by atoms with Crippen LogP contribution in [0.3, 0.4) is 0 Å². The van der Waals surface area contributed by atoms with Gasteiger partial charge in [-0.25, -0.2) is 22.0 Å². The predicted molar refractivity (Wildman–Crippen MR) is 155 cm³/mol. The Morgan fingerprint density at radius 2 is 0.707 bits per heavy atom. The van der Waals surface area contributed by atoms with Gasteiger partial charge in [0, 0.05) is 5.56 Å².